The summed E-state index contributed by atoms with van der Waals surface area (Å²) in [7, 11) is 1.81. The molecule has 6 nitrogen and oxygen atoms in total. The fourth-order valence-corrected chi connectivity index (χ4v) is 3.95. The summed E-state index contributed by atoms with van der Waals surface area (Å²) in [5.41, 5.74) is 1.24. The molecule has 2 N–H and O–H groups in total. The second-order valence-electron chi connectivity index (χ2n) is 7.47. The van der Waals surface area contributed by atoms with Crippen LogP contribution < -0.4 is 15.4 Å². The molecule has 26 heavy (non-hydrogen) atoms. The lowest BCUT2D eigenvalue weighted by atomic mass is 9.57. The highest BCUT2D eigenvalue weighted by Gasteiger charge is 2.59. The number of hydrogen-bond acceptors (Lipinski definition) is 4. The minimum Gasteiger partial charge on any atom is -0.478 e. The number of hydrogen-bond donors (Lipinski definition) is 2. The number of guanidine groups is 1. The zero-order valence-corrected chi connectivity index (χ0v) is 18.4. The molecule has 1 aromatic rings. The van der Waals surface area contributed by atoms with Crippen LogP contribution in [0.15, 0.2) is 23.3 Å². The molecule has 3 rings (SSSR count). The molecule has 2 aliphatic rings. The van der Waals surface area contributed by atoms with Crippen molar-refractivity contribution < 1.29 is 9.47 Å². The van der Waals surface area contributed by atoms with Gasteiger partial charge in [-0.1, -0.05) is 26.8 Å². The van der Waals surface area contributed by atoms with E-state index in [-0.39, 0.29) is 29.4 Å². The summed E-state index contributed by atoms with van der Waals surface area (Å²) in [6, 6.07) is 4.35. The Balaban J connectivity index is 0.00000243. The smallest absolute Gasteiger partial charge is 0.213 e. The van der Waals surface area contributed by atoms with Crippen molar-refractivity contribution in [1.82, 2.24) is 15.6 Å². The molecular formula is C19H31IN4O2. The number of rotatable bonds is 6. The van der Waals surface area contributed by atoms with Crippen LogP contribution in [0.3, 0.4) is 0 Å². The minimum atomic E-state index is 0. The van der Waals surface area contributed by atoms with Crippen molar-refractivity contribution in [3.05, 3.63) is 23.9 Å². The van der Waals surface area contributed by atoms with Crippen LogP contribution in [0.4, 0.5) is 0 Å². The Morgan fingerprint density at radius 3 is 2.88 bits per heavy atom. The molecule has 0 bridgehead atoms. The third-order valence-electron chi connectivity index (χ3n) is 5.33. The summed E-state index contributed by atoms with van der Waals surface area (Å²) >= 11 is 0. The molecule has 0 amide bonds. The van der Waals surface area contributed by atoms with Crippen LogP contribution in [-0.2, 0) is 11.3 Å². The maximum atomic E-state index is 5.86. The van der Waals surface area contributed by atoms with Crippen LogP contribution in [0.5, 0.6) is 5.88 Å². The minimum absolute atomic E-state index is 0. The first kappa shape index (κ1) is 21.2. The van der Waals surface area contributed by atoms with E-state index in [0.717, 1.165) is 31.0 Å². The molecule has 1 aromatic heterocycles. The molecule has 1 saturated heterocycles. The van der Waals surface area contributed by atoms with Gasteiger partial charge in [-0.05, 0) is 18.4 Å². The quantitative estimate of drug-likeness (QED) is 0.377. The van der Waals surface area contributed by atoms with Gasteiger partial charge in [-0.25, -0.2) is 4.98 Å². The third kappa shape index (κ3) is 4.42. The van der Waals surface area contributed by atoms with Gasteiger partial charge >= 0.3 is 0 Å². The van der Waals surface area contributed by atoms with Crippen LogP contribution in [0, 0.1) is 11.3 Å². The molecule has 0 spiro atoms. The SMILES string of the molecule is CCCOc1ccc(CNC(=NC)NC2C3CCOC3C2(C)C)cn1.I. The van der Waals surface area contributed by atoms with E-state index < -0.39 is 0 Å². The van der Waals surface area contributed by atoms with Gasteiger partial charge in [0.05, 0.1) is 12.7 Å². The van der Waals surface area contributed by atoms with Gasteiger partial charge in [0, 0.05) is 49.8 Å². The molecule has 2 heterocycles. The molecule has 1 aliphatic carbocycles. The molecule has 2 fully saturated rings. The largest absolute Gasteiger partial charge is 0.478 e. The topological polar surface area (TPSA) is 67.8 Å². The fourth-order valence-electron chi connectivity index (χ4n) is 3.95. The predicted octanol–water partition coefficient (Wildman–Crippen LogP) is 2.97. The average molecular weight is 474 g/mol. The number of nitrogens with one attached hydrogen (secondary N) is 2. The first-order valence-corrected chi connectivity index (χ1v) is 9.22. The molecule has 3 unspecified atom stereocenters. The van der Waals surface area contributed by atoms with Crippen molar-refractivity contribution >= 4 is 29.9 Å². The van der Waals surface area contributed by atoms with E-state index in [1.54, 1.807) is 0 Å². The maximum Gasteiger partial charge on any atom is 0.213 e. The zero-order valence-electron chi connectivity index (χ0n) is 16.1. The number of halogens is 1. The van der Waals surface area contributed by atoms with Gasteiger partial charge in [-0.3, -0.25) is 4.99 Å². The van der Waals surface area contributed by atoms with E-state index in [0.29, 0.717) is 37.1 Å². The standard InChI is InChI=1S/C19H30N4O2.HI/c1-5-9-24-15-7-6-13(11-21-15)12-22-18(20-4)23-16-14-8-10-25-17(14)19(16,2)3;/h6-7,11,14,16-17H,5,8-10,12H2,1-4H3,(H2,20,22,23);1H. The average Bonchev–Trinajstić information content (AvgIpc) is 3.08. The summed E-state index contributed by atoms with van der Waals surface area (Å²) in [5, 5.41) is 6.97. The van der Waals surface area contributed by atoms with Crippen molar-refractivity contribution in [2.75, 3.05) is 20.3 Å². The normalized spacial score (nSPS) is 26.3. The van der Waals surface area contributed by atoms with Gasteiger partial charge < -0.3 is 20.1 Å². The Morgan fingerprint density at radius 1 is 1.42 bits per heavy atom. The fraction of sp³-hybridized carbons (Fsp3) is 0.684. The van der Waals surface area contributed by atoms with Gasteiger partial charge in [-0.15, -0.1) is 24.0 Å². The highest BCUT2D eigenvalue weighted by Crippen LogP contribution is 2.52. The van der Waals surface area contributed by atoms with E-state index in [2.05, 4.69) is 41.4 Å². The van der Waals surface area contributed by atoms with E-state index in [1.165, 1.54) is 0 Å². The lowest BCUT2D eigenvalue weighted by molar-refractivity contribution is -0.106. The lowest BCUT2D eigenvalue weighted by Gasteiger charge is -2.54. The Bertz CT molecular complexity index is 606. The van der Waals surface area contributed by atoms with Gasteiger partial charge in [-0.2, -0.15) is 0 Å². The van der Waals surface area contributed by atoms with Crippen molar-refractivity contribution in [3.63, 3.8) is 0 Å². The first-order valence-electron chi connectivity index (χ1n) is 9.22. The summed E-state index contributed by atoms with van der Waals surface area (Å²) in [5.74, 6) is 2.09. The highest BCUT2D eigenvalue weighted by molar-refractivity contribution is 14.0. The number of aromatic nitrogens is 1. The summed E-state index contributed by atoms with van der Waals surface area (Å²) < 4.78 is 11.4. The monoisotopic (exact) mass is 474 g/mol. The Hall–Kier alpha value is -1.09. The van der Waals surface area contributed by atoms with Crippen LogP contribution in [-0.4, -0.2) is 43.4 Å². The molecule has 0 aromatic carbocycles. The van der Waals surface area contributed by atoms with Crippen LogP contribution >= 0.6 is 24.0 Å². The summed E-state index contributed by atoms with van der Waals surface area (Å²) in [6.07, 6.45) is 4.34. The molecule has 3 atom stereocenters. The van der Waals surface area contributed by atoms with Gasteiger partial charge in [0.2, 0.25) is 5.88 Å². The zero-order chi connectivity index (χ0) is 17.9. The summed E-state index contributed by atoms with van der Waals surface area (Å²) in [4.78, 5) is 8.71. The number of fused-ring (bicyclic) bond motifs is 1. The van der Waals surface area contributed by atoms with E-state index in [1.807, 2.05) is 25.4 Å². The number of nitrogens with zero attached hydrogens (tertiary/aromatic N) is 2. The molecule has 7 heteroatoms. The van der Waals surface area contributed by atoms with Gasteiger partial charge in [0.25, 0.3) is 0 Å². The summed E-state index contributed by atoms with van der Waals surface area (Å²) in [6.45, 7) is 8.87. The molecular weight excluding hydrogens is 443 g/mol. The number of ether oxygens (including phenoxy) is 2. The van der Waals surface area contributed by atoms with Crippen molar-refractivity contribution in [2.45, 2.75) is 52.3 Å². The van der Waals surface area contributed by atoms with Crippen LogP contribution in [0.25, 0.3) is 0 Å². The second kappa shape index (κ2) is 9.21. The third-order valence-corrected chi connectivity index (χ3v) is 5.33. The second-order valence-corrected chi connectivity index (χ2v) is 7.47. The lowest BCUT2D eigenvalue weighted by Crippen LogP contribution is -2.67. The van der Waals surface area contributed by atoms with Crippen LogP contribution in [0.2, 0.25) is 0 Å². The Morgan fingerprint density at radius 2 is 2.23 bits per heavy atom. The Kier molecular flexibility index (Phi) is 7.52. The first-order chi connectivity index (χ1) is 12.1. The predicted molar refractivity (Wildman–Crippen MR) is 114 cm³/mol. The molecule has 0 radical (unpaired) electrons. The van der Waals surface area contributed by atoms with Crippen molar-refractivity contribution in [3.8, 4) is 5.88 Å². The number of aliphatic imine (C=N–C) groups is 1. The van der Waals surface area contributed by atoms with Crippen molar-refractivity contribution in [2.24, 2.45) is 16.3 Å². The maximum absolute atomic E-state index is 5.86. The van der Waals surface area contributed by atoms with E-state index in [4.69, 9.17) is 9.47 Å². The Labute approximate surface area is 173 Å². The molecule has 1 aliphatic heterocycles. The molecule has 146 valence electrons. The molecule has 1 saturated carbocycles. The number of pyridine rings is 1. The van der Waals surface area contributed by atoms with E-state index in [9.17, 15) is 0 Å². The van der Waals surface area contributed by atoms with Crippen LogP contribution in [0.1, 0.15) is 39.2 Å². The van der Waals surface area contributed by atoms with E-state index >= 15 is 0 Å². The van der Waals surface area contributed by atoms with Gasteiger partial charge in [0.1, 0.15) is 0 Å². The van der Waals surface area contributed by atoms with Gasteiger partial charge in [0.15, 0.2) is 5.96 Å². The highest BCUT2D eigenvalue weighted by atomic mass is 127. The van der Waals surface area contributed by atoms with Crippen molar-refractivity contribution in [1.29, 1.82) is 0 Å².